The number of esters is 1. The number of alkyl carbamates (subject to hydrolysis) is 1. The molecule has 1 fully saturated rings. The quantitative estimate of drug-likeness (QED) is 0.163. The van der Waals surface area contributed by atoms with Crippen molar-refractivity contribution < 1.29 is 48.0 Å². The zero-order valence-electron chi connectivity index (χ0n) is 28.3. The molecule has 15 nitrogen and oxygen atoms in total. The van der Waals surface area contributed by atoms with Gasteiger partial charge in [0.05, 0.1) is 13.2 Å². The second-order valence-electron chi connectivity index (χ2n) is 14.0. The number of rotatable bonds is 10. The van der Waals surface area contributed by atoms with Crippen LogP contribution in [0, 0.1) is 5.92 Å². The Balaban J connectivity index is 2.51. The van der Waals surface area contributed by atoms with E-state index in [9.17, 15) is 29.4 Å². The first-order valence-corrected chi connectivity index (χ1v) is 17.8. The Morgan fingerprint density at radius 3 is 2.22 bits per heavy atom. The zero-order chi connectivity index (χ0) is 34.8. The molecular formula is C29H50N4O11Si. The summed E-state index contributed by atoms with van der Waals surface area (Å²) in [6.07, 6.45) is -3.51. The minimum Gasteiger partial charge on any atom is -0.455 e. The molecule has 256 valence electrons. The summed E-state index contributed by atoms with van der Waals surface area (Å²) in [4.78, 5) is 54.7. The van der Waals surface area contributed by atoms with E-state index in [0.717, 1.165) is 13.1 Å². The number of aliphatic hydroxyl groups is 2. The first kappa shape index (κ1) is 38.1. The summed E-state index contributed by atoms with van der Waals surface area (Å²) in [5, 5.41) is 28.2. The molecule has 0 aromatic carbocycles. The van der Waals surface area contributed by atoms with Gasteiger partial charge in [-0.2, -0.15) is 4.98 Å². The normalized spacial score (nSPS) is 24.6. The Hall–Kier alpha value is -3.05. The third-order valence-corrected chi connectivity index (χ3v) is 12.3. The molecule has 0 saturated carbocycles. The molecule has 1 aromatic rings. The van der Waals surface area contributed by atoms with Crippen LogP contribution in [0.1, 0.15) is 69.2 Å². The molecule has 1 aliphatic heterocycles. The maximum absolute atomic E-state index is 13.5. The molecule has 5 atom stereocenters. The summed E-state index contributed by atoms with van der Waals surface area (Å²) in [5.74, 6) is -4.39. The molecule has 1 saturated heterocycles. The number of ether oxygens (including phenoxy) is 4. The van der Waals surface area contributed by atoms with Crippen molar-refractivity contribution in [1.82, 2.24) is 14.9 Å². The van der Waals surface area contributed by atoms with E-state index in [1.54, 1.807) is 41.5 Å². The van der Waals surface area contributed by atoms with Gasteiger partial charge >= 0.3 is 23.8 Å². The summed E-state index contributed by atoms with van der Waals surface area (Å²) in [7, 11) is -2.43. The predicted octanol–water partition coefficient (Wildman–Crippen LogP) is 3.05. The smallest absolute Gasteiger partial charge is 0.412 e. The molecule has 2 amide bonds. The summed E-state index contributed by atoms with van der Waals surface area (Å²) in [5.41, 5.74) is -4.39. The Morgan fingerprint density at radius 2 is 1.73 bits per heavy atom. The molecule has 4 N–H and O–H groups in total. The highest BCUT2D eigenvalue weighted by atomic mass is 28.4. The van der Waals surface area contributed by atoms with Crippen LogP contribution in [0.3, 0.4) is 0 Å². The zero-order valence-corrected chi connectivity index (χ0v) is 29.3. The average molecular weight is 659 g/mol. The fourth-order valence-corrected chi connectivity index (χ4v) is 5.18. The average Bonchev–Trinajstić information content (AvgIpc) is 3.04. The predicted molar refractivity (Wildman–Crippen MR) is 166 cm³/mol. The van der Waals surface area contributed by atoms with Crippen molar-refractivity contribution in [3.8, 4) is 0 Å². The van der Waals surface area contributed by atoms with E-state index in [1.807, 2.05) is 33.9 Å². The molecule has 1 aliphatic rings. The molecular weight excluding hydrogens is 608 g/mol. The number of amides is 2. The number of hydrogen-bond donors (Lipinski definition) is 4. The van der Waals surface area contributed by atoms with Crippen LogP contribution in [-0.2, 0) is 34.1 Å². The first-order chi connectivity index (χ1) is 20.4. The van der Waals surface area contributed by atoms with Crippen LogP contribution in [0.2, 0.25) is 18.1 Å². The van der Waals surface area contributed by atoms with Crippen molar-refractivity contribution in [1.29, 1.82) is 0 Å². The topological polar surface area (TPSA) is 197 Å². The first-order valence-electron chi connectivity index (χ1n) is 14.9. The molecule has 0 bridgehead atoms. The van der Waals surface area contributed by atoms with Gasteiger partial charge in [0.25, 0.3) is 5.91 Å². The van der Waals surface area contributed by atoms with Crippen molar-refractivity contribution >= 4 is 32.3 Å². The molecule has 0 radical (unpaired) electrons. The van der Waals surface area contributed by atoms with Gasteiger partial charge < -0.3 is 38.9 Å². The van der Waals surface area contributed by atoms with Crippen LogP contribution in [0.25, 0.3) is 0 Å². The van der Waals surface area contributed by atoms with Gasteiger partial charge in [-0.3, -0.25) is 5.32 Å². The van der Waals surface area contributed by atoms with Gasteiger partial charge in [0, 0.05) is 6.20 Å². The number of aromatic nitrogens is 2. The highest BCUT2D eigenvalue weighted by molar-refractivity contribution is 6.74. The highest BCUT2D eigenvalue weighted by Gasteiger charge is 2.67. The third kappa shape index (κ3) is 9.03. The van der Waals surface area contributed by atoms with E-state index in [0.29, 0.717) is 4.57 Å². The minimum absolute atomic E-state index is 0.0861. The molecule has 0 aliphatic carbocycles. The molecule has 16 heteroatoms. The van der Waals surface area contributed by atoms with E-state index in [1.165, 1.54) is 6.07 Å². The molecule has 0 unspecified atom stereocenters. The molecule has 0 spiro atoms. The maximum Gasteiger partial charge on any atom is 0.412 e. The monoisotopic (exact) mass is 658 g/mol. The fourth-order valence-electron chi connectivity index (χ4n) is 4.16. The van der Waals surface area contributed by atoms with Gasteiger partial charge in [0.2, 0.25) is 0 Å². The van der Waals surface area contributed by atoms with Crippen molar-refractivity contribution in [2.45, 2.75) is 123 Å². The lowest BCUT2D eigenvalue weighted by Crippen LogP contribution is -2.60. The van der Waals surface area contributed by atoms with Crippen LogP contribution < -0.4 is 16.3 Å². The van der Waals surface area contributed by atoms with Crippen LogP contribution in [0.4, 0.5) is 15.4 Å². The van der Waals surface area contributed by atoms with E-state index in [2.05, 4.69) is 15.6 Å². The fraction of sp³-hybridized carbons (Fsp3) is 0.759. The van der Waals surface area contributed by atoms with E-state index < -0.39 is 73.4 Å². The number of carbonyl (C=O) groups excluding carboxylic acids is 3. The van der Waals surface area contributed by atoms with Crippen molar-refractivity contribution in [3.05, 3.63) is 22.7 Å². The van der Waals surface area contributed by atoms with Crippen LogP contribution in [0.5, 0.6) is 0 Å². The lowest BCUT2D eigenvalue weighted by Gasteiger charge is -2.37. The SMILES string of the molecule is CCOC(=O)Nc1ccn([C@]2(O)O[C@H](CO[Si](C)(C)C(C)(C)C)[C@@H](OC(=O)[C@@H](NC(=O)OC(C)(C)C)C(C)C)[C@@]2(C)O)c(=O)n1. The summed E-state index contributed by atoms with van der Waals surface area (Å²) in [6.45, 7) is 21.0. The lowest BCUT2D eigenvalue weighted by atomic mass is 9.93. The maximum atomic E-state index is 13.5. The summed E-state index contributed by atoms with van der Waals surface area (Å²) < 4.78 is 28.7. The lowest BCUT2D eigenvalue weighted by molar-refractivity contribution is -0.321. The molecule has 2 rings (SSSR count). The van der Waals surface area contributed by atoms with Crippen molar-refractivity contribution in [2.75, 3.05) is 18.5 Å². The minimum atomic E-state index is -2.81. The number of hydrogen-bond acceptors (Lipinski definition) is 12. The van der Waals surface area contributed by atoms with Gasteiger partial charge in [-0.05, 0) is 64.7 Å². The Kier molecular flexibility index (Phi) is 11.6. The second kappa shape index (κ2) is 13.7. The Morgan fingerprint density at radius 1 is 1.13 bits per heavy atom. The summed E-state index contributed by atoms with van der Waals surface area (Å²) in [6, 6.07) is -0.0145. The molecule has 45 heavy (non-hydrogen) atoms. The highest BCUT2D eigenvalue weighted by Crippen LogP contribution is 2.44. The van der Waals surface area contributed by atoms with E-state index in [-0.39, 0.29) is 24.1 Å². The second-order valence-corrected chi connectivity index (χ2v) is 18.8. The third-order valence-electron chi connectivity index (χ3n) is 7.75. The Labute approximate surface area is 265 Å². The molecule has 1 aromatic heterocycles. The van der Waals surface area contributed by atoms with Gasteiger partial charge in [-0.25, -0.2) is 23.7 Å². The number of anilines is 1. The van der Waals surface area contributed by atoms with E-state index >= 15 is 0 Å². The number of carbonyl (C=O) groups is 3. The van der Waals surface area contributed by atoms with Gasteiger partial charge in [0.15, 0.2) is 20.0 Å². The Bertz CT molecular complexity index is 1290. The van der Waals surface area contributed by atoms with Gasteiger partial charge in [-0.1, -0.05) is 34.6 Å². The van der Waals surface area contributed by atoms with Crippen LogP contribution in [0.15, 0.2) is 17.1 Å². The standard InChI is InChI=1S/C29H50N4O11Si/c1-13-40-24(36)31-19-14-15-33(23(35)30-19)29(39)28(10,38)21(18(43-29)16-41-45(11,12)27(7,8)9)42-22(34)20(17(2)3)32-25(37)44-26(4,5)6/h14-15,17-18,20-21,38-39H,13,16H2,1-12H3,(H,32,37)(H,30,31,35,36)/t18-,20+,21-,28-,29-/m1/s1. The van der Waals surface area contributed by atoms with Crippen LogP contribution >= 0.6 is 0 Å². The van der Waals surface area contributed by atoms with Gasteiger partial charge in [-0.15, -0.1) is 0 Å². The van der Waals surface area contributed by atoms with Crippen molar-refractivity contribution in [3.63, 3.8) is 0 Å². The summed E-state index contributed by atoms with van der Waals surface area (Å²) >= 11 is 0. The van der Waals surface area contributed by atoms with Crippen LogP contribution in [-0.4, -0.2) is 88.9 Å². The number of nitrogens with one attached hydrogen (secondary N) is 2. The molecule has 2 heterocycles. The largest absolute Gasteiger partial charge is 0.455 e. The number of nitrogens with zero attached hydrogens (tertiary/aromatic N) is 2. The van der Waals surface area contributed by atoms with Crippen molar-refractivity contribution in [2.24, 2.45) is 5.92 Å². The van der Waals surface area contributed by atoms with Gasteiger partial charge in [0.1, 0.15) is 23.6 Å². The van der Waals surface area contributed by atoms with E-state index in [4.69, 9.17) is 23.4 Å².